The zero-order valence-electron chi connectivity index (χ0n) is 11.2. The molecule has 0 saturated carbocycles. The van der Waals surface area contributed by atoms with Crippen LogP contribution in [0.15, 0.2) is 18.2 Å². The van der Waals surface area contributed by atoms with Gasteiger partial charge in [0.05, 0.1) is 5.56 Å². The molecule has 1 aromatic rings. The fraction of sp³-hybridized carbons (Fsp3) is 0.500. The third-order valence-electron chi connectivity index (χ3n) is 3.45. The van der Waals surface area contributed by atoms with Gasteiger partial charge < -0.3 is 11.1 Å². The number of hydrogen-bond donors (Lipinski definition) is 2. The van der Waals surface area contributed by atoms with Crippen molar-refractivity contribution in [2.75, 3.05) is 6.54 Å². The molecule has 0 fully saturated rings. The van der Waals surface area contributed by atoms with Crippen LogP contribution in [0.3, 0.4) is 0 Å². The minimum absolute atomic E-state index is 0.0418. The topological polar surface area (TPSA) is 55.1 Å². The molecule has 0 unspecified atom stereocenters. The van der Waals surface area contributed by atoms with Gasteiger partial charge in [-0.3, -0.25) is 4.79 Å². The molecular formula is C14H21IN2O. The smallest absolute Gasteiger partial charge is 0.252 e. The maximum absolute atomic E-state index is 12.1. The molecule has 3 N–H and O–H groups in total. The summed E-state index contributed by atoms with van der Waals surface area (Å²) < 4.78 is 1.00. The zero-order valence-corrected chi connectivity index (χ0v) is 13.4. The predicted molar refractivity (Wildman–Crippen MR) is 83.7 cm³/mol. The van der Waals surface area contributed by atoms with Crippen LogP contribution in [-0.4, -0.2) is 18.0 Å². The molecule has 0 spiro atoms. The van der Waals surface area contributed by atoms with E-state index in [9.17, 15) is 4.79 Å². The highest BCUT2D eigenvalue weighted by Crippen LogP contribution is 2.17. The van der Waals surface area contributed by atoms with Crippen molar-refractivity contribution in [3.05, 3.63) is 32.9 Å². The molecule has 0 atom stereocenters. The van der Waals surface area contributed by atoms with Gasteiger partial charge in [-0.15, -0.1) is 0 Å². The van der Waals surface area contributed by atoms with E-state index in [1.807, 2.05) is 39.0 Å². The first-order valence-corrected chi connectivity index (χ1v) is 7.33. The largest absolute Gasteiger partial charge is 0.350 e. The highest BCUT2D eigenvalue weighted by atomic mass is 127. The van der Waals surface area contributed by atoms with E-state index < -0.39 is 0 Å². The lowest BCUT2D eigenvalue weighted by Gasteiger charge is -2.26. The summed E-state index contributed by atoms with van der Waals surface area (Å²) in [5.41, 5.74) is 7.72. The van der Waals surface area contributed by atoms with E-state index in [2.05, 4.69) is 27.9 Å². The Kier molecular flexibility index (Phi) is 5.59. The summed E-state index contributed by atoms with van der Waals surface area (Å²) in [5.74, 6) is -0.0418. The van der Waals surface area contributed by atoms with E-state index in [4.69, 9.17) is 5.73 Å². The van der Waals surface area contributed by atoms with Gasteiger partial charge in [0.25, 0.3) is 5.91 Å². The second-order valence-electron chi connectivity index (χ2n) is 4.69. The highest BCUT2D eigenvalue weighted by Gasteiger charge is 2.21. The number of hydrogen-bond acceptors (Lipinski definition) is 2. The van der Waals surface area contributed by atoms with Gasteiger partial charge in [0.15, 0.2) is 0 Å². The quantitative estimate of drug-likeness (QED) is 0.794. The minimum atomic E-state index is -0.301. The van der Waals surface area contributed by atoms with E-state index in [1.54, 1.807) is 0 Å². The Morgan fingerprint density at radius 3 is 2.56 bits per heavy atom. The Bertz CT molecular complexity index is 428. The summed E-state index contributed by atoms with van der Waals surface area (Å²) in [7, 11) is 0. The van der Waals surface area contributed by atoms with E-state index in [0.29, 0.717) is 6.54 Å². The Morgan fingerprint density at radius 1 is 1.39 bits per heavy atom. The van der Waals surface area contributed by atoms with Gasteiger partial charge in [0.1, 0.15) is 0 Å². The van der Waals surface area contributed by atoms with Crippen LogP contribution in [-0.2, 0) is 0 Å². The second kappa shape index (κ2) is 6.52. The van der Waals surface area contributed by atoms with Crippen LogP contribution < -0.4 is 11.1 Å². The van der Waals surface area contributed by atoms with E-state index in [1.165, 1.54) is 0 Å². The Morgan fingerprint density at radius 2 is 2.00 bits per heavy atom. The molecule has 3 nitrogen and oxygen atoms in total. The van der Waals surface area contributed by atoms with E-state index in [0.717, 1.165) is 27.5 Å². The van der Waals surface area contributed by atoms with Gasteiger partial charge in [-0.05, 0) is 54.0 Å². The van der Waals surface area contributed by atoms with Gasteiger partial charge in [-0.2, -0.15) is 0 Å². The molecule has 18 heavy (non-hydrogen) atoms. The van der Waals surface area contributed by atoms with Gasteiger partial charge in [0.2, 0.25) is 0 Å². The van der Waals surface area contributed by atoms with Crippen molar-refractivity contribution >= 4 is 28.5 Å². The van der Waals surface area contributed by atoms with Crippen molar-refractivity contribution < 1.29 is 4.79 Å². The average molecular weight is 360 g/mol. The molecule has 4 heteroatoms. The van der Waals surface area contributed by atoms with Crippen molar-refractivity contribution in [1.29, 1.82) is 0 Å². The molecule has 1 amide bonds. The van der Waals surface area contributed by atoms with Crippen LogP contribution in [0, 0.1) is 10.5 Å². The normalized spacial score (nSPS) is 11.4. The summed E-state index contributed by atoms with van der Waals surface area (Å²) in [4.78, 5) is 12.1. The molecular weight excluding hydrogens is 339 g/mol. The van der Waals surface area contributed by atoms with E-state index in [-0.39, 0.29) is 11.4 Å². The maximum Gasteiger partial charge on any atom is 0.252 e. The molecule has 0 aliphatic carbocycles. The Labute approximate surface area is 123 Å². The molecule has 1 rings (SSSR count). The first-order chi connectivity index (χ1) is 8.43. The molecule has 0 saturated heterocycles. The Balaban J connectivity index is 2.75. The third-order valence-corrected chi connectivity index (χ3v) is 4.88. The summed E-state index contributed by atoms with van der Waals surface area (Å²) >= 11 is 2.21. The molecule has 0 aliphatic heterocycles. The number of nitrogens with two attached hydrogens (primary N) is 1. The van der Waals surface area contributed by atoms with Crippen molar-refractivity contribution in [2.24, 2.45) is 5.73 Å². The standard InChI is InChI=1S/C14H21IN2O/c1-4-14(16,5-2)9-17-13(18)11-8-6-7-10(3)12(11)15/h6-8H,4-5,9,16H2,1-3H3,(H,17,18). The van der Waals surface area contributed by atoms with Crippen LogP contribution in [0.5, 0.6) is 0 Å². The van der Waals surface area contributed by atoms with Gasteiger partial charge in [-0.1, -0.05) is 26.0 Å². The van der Waals surface area contributed by atoms with Crippen molar-refractivity contribution in [2.45, 2.75) is 39.2 Å². The molecule has 0 aromatic heterocycles. The fourth-order valence-electron chi connectivity index (χ4n) is 1.67. The summed E-state index contributed by atoms with van der Waals surface area (Å²) in [5, 5.41) is 2.94. The molecule has 1 aromatic carbocycles. The first kappa shape index (κ1) is 15.4. The molecule has 0 aliphatic rings. The monoisotopic (exact) mass is 360 g/mol. The molecule has 0 bridgehead atoms. The van der Waals surface area contributed by atoms with Gasteiger partial charge in [0, 0.05) is 15.7 Å². The summed E-state index contributed by atoms with van der Waals surface area (Å²) in [6, 6.07) is 5.76. The van der Waals surface area contributed by atoms with Crippen molar-refractivity contribution in [3.8, 4) is 0 Å². The summed E-state index contributed by atoms with van der Waals surface area (Å²) in [6.45, 7) is 6.62. The number of aryl methyl sites for hydroxylation is 1. The number of halogens is 1. The van der Waals surface area contributed by atoms with E-state index >= 15 is 0 Å². The molecule has 0 radical (unpaired) electrons. The fourth-order valence-corrected chi connectivity index (χ4v) is 2.28. The zero-order chi connectivity index (χ0) is 13.8. The SMILES string of the molecule is CCC(N)(CC)CNC(=O)c1cccc(C)c1I. The van der Waals surface area contributed by atoms with Crippen LogP contribution in [0.25, 0.3) is 0 Å². The number of benzene rings is 1. The van der Waals surface area contributed by atoms with Gasteiger partial charge in [-0.25, -0.2) is 0 Å². The third kappa shape index (κ3) is 3.68. The molecule has 100 valence electrons. The maximum atomic E-state index is 12.1. The molecule has 0 heterocycles. The lowest BCUT2D eigenvalue weighted by atomic mass is 9.94. The first-order valence-electron chi connectivity index (χ1n) is 6.25. The number of carbonyl (C=O) groups is 1. The van der Waals surface area contributed by atoms with Crippen LogP contribution in [0.1, 0.15) is 42.6 Å². The number of carbonyl (C=O) groups excluding carboxylic acids is 1. The lowest BCUT2D eigenvalue weighted by molar-refractivity contribution is 0.0941. The number of amides is 1. The van der Waals surface area contributed by atoms with Gasteiger partial charge >= 0.3 is 0 Å². The number of rotatable bonds is 5. The Hall–Kier alpha value is -0.620. The highest BCUT2D eigenvalue weighted by molar-refractivity contribution is 14.1. The number of nitrogens with one attached hydrogen (secondary N) is 1. The second-order valence-corrected chi connectivity index (χ2v) is 5.77. The minimum Gasteiger partial charge on any atom is -0.350 e. The van der Waals surface area contributed by atoms with Crippen LogP contribution >= 0.6 is 22.6 Å². The van der Waals surface area contributed by atoms with Crippen molar-refractivity contribution in [1.82, 2.24) is 5.32 Å². The lowest BCUT2D eigenvalue weighted by Crippen LogP contribution is -2.49. The van der Waals surface area contributed by atoms with Crippen LogP contribution in [0.2, 0.25) is 0 Å². The van der Waals surface area contributed by atoms with Crippen molar-refractivity contribution in [3.63, 3.8) is 0 Å². The average Bonchev–Trinajstić information content (AvgIpc) is 2.39. The van der Waals surface area contributed by atoms with Crippen LogP contribution in [0.4, 0.5) is 0 Å². The predicted octanol–water partition coefficient (Wildman–Crippen LogP) is 2.85. The summed E-state index contributed by atoms with van der Waals surface area (Å²) in [6.07, 6.45) is 1.71.